The number of halogens is 1. The Kier molecular flexibility index (Phi) is 3.53. The predicted octanol–water partition coefficient (Wildman–Crippen LogP) is 2.90. The van der Waals surface area contributed by atoms with Gasteiger partial charge in [0, 0.05) is 12.2 Å². The fraction of sp³-hybridized carbons (Fsp3) is 0.467. The van der Waals surface area contributed by atoms with E-state index in [9.17, 15) is 4.39 Å². The van der Waals surface area contributed by atoms with Crippen LogP contribution in [0.4, 0.5) is 4.39 Å². The van der Waals surface area contributed by atoms with Crippen LogP contribution < -0.4 is 0 Å². The van der Waals surface area contributed by atoms with Crippen LogP contribution in [0.2, 0.25) is 0 Å². The maximum atomic E-state index is 12.9. The first-order chi connectivity index (χ1) is 9.63. The van der Waals surface area contributed by atoms with Crippen molar-refractivity contribution in [1.82, 2.24) is 19.9 Å². The second-order valence-corrected chi connectivity index (χ2v) is 5.43. The van der Waals surface area contributed by atoms with Gasteiger partial charge in [0.25, 0.3) is 0 Å². The molecule has 1 atom stereocenters. The van der Waals surface area contributed by atoms with Crippen LogP contribution in [0.1, 0.15) is 41.8 Å². The van der Waals surface area contributed by atoms with Crippen LogP contribution >= 0.6 is 0 Å². The Balaban J connectivity index is 1.77. The van der Waals surface area contributed by atoms with Gasteiger partial charge in [0.2, 0.25) is 0 Å². The quantitative estimate of drug-likeness (QED) is 0.936. The van der Waals surface area contributed by atoms with Gasteiger partial charge in [-0.05, 0) is 45.4 Å². The maximum Gasteiger partial charge on any atom is 0.141 e. The smallest absolute Gasteiger partial charge is 0.141 e. The first kappa shape index (κ1) is 13.2. The molecule has 1 N–H and O–H groups in total. The number of aromatic nitrogens is 3. The van der Waals surface area contributed by atoms with Crippen LogP contribution in [0.15, 0.2) is 18.3 Å². The second-order valence-electron chi connectivity index (χ2n) is 5.43. The van der Waals surface area contributed by atoms with Gasteiger partial charge >= 0.3 is 0 Å². The Morgan fingerprint density at radius 3 is 2.90 bits per heavy atom. The Hall–Kier alpha value is -1.75. The van der Waals surface area contributed by atoms with Crippen molar-refractivity contribution < 1.29 is 4.39 Å². The van der Waals surface area contributed by atoms with E-state index in [-0.39, 0.29) is 5.82 Å². The summed E-state index contributed by atoms with van der Waals surface area (Å²) in [5, 5.41) is 0. The topological polar surface area (TPSA) is 44.8 Å². The van der Waals surface area contributed by atoms with Crippen LogP contribution in [0.3, 0.4) is 0 Å². The van der Waals surface area contributed by atoms with Crippen molar-refractivity contribution in [2.45, 2.75) is 39.3 Å². The summed E-state index contributed by atoms with van der Waals surface area (Å²) in [5.74, 6) is 0.753. The fourth-order valence-corrected chi connectivity index (χ4v) is 2.77. The second kappa shape index (κ2) is 5.32. The number of pyridine rings is 1. The summed E-state index contributed by atoms with van der Waals surface area (Å²) >= 11 is 0. The Bertz CT molecular complexity index is 571. The third kappa shape index (κ3) is 2.58. The van der Waals surface area contributed by atoms with Gasteiger partial charge in [-0.15, -0.1) is 0 Å². The molecule has 2 aromatic rings. The number of aromatic amines is 1. The van der Waals surface area contributed by atoms with Gasteiger partial charge in [0.1, 0.15) is 11.6 Å². The molecule has 0 spiro atoms. The molecule has 3 heterocycles. The van der Waals surface area contributed by atoms with Gasteiger partial charge in [-0.3, -0.25) is 9.88 Å². The highest BCUT2D eigenvalue weighted by Gasteiger charge is 2.28. The Morgan fingerprint density at radius 1 is 1.40 bits per heavy atom. The van der Waals surface area contributed by atoms with Crippen molar-refractivity contribution >= 4 is 0 Å². The molecule has 4 nitrogen and oxygen atoms in total. The Morgan fingerprint density at radius 2 is 2.25 bits per heavy atom. The van der Waals surface area contributed by atoms with E-state index in [0.29, 0.717) is 6.04 Å². The van der Waals surface area contributed by atoms with Gasteiger partial charge in [0.15, 0.2) is 0 Å². The predicted molar refractivity (Wildman–Crippen MR) is 74.6 cm³/mol. The summed E-state index contributed by atoms with van der Waals surface area (Å²) in [5.41, 5.74) is 3.09. The summed E-state index contributed by atoms with van der Waals surface area (Å²) in [6, 6.07) is 3.53. The lowest BCUT2D eigenvalue weighted by molar-refractivity contribution is 0.237. The number of nitrogens with one attached hydrogen (secondary N) is 1. The molecule has 0 saturated carbocycles. The molecule has 5 heteroatoms. The van der Waals surface area contributed by atoms with Gasteiger partial charge in [-0.2, -0.15) is 0 Å². The number of imidazole rings is 1. The average molecular weight is 274 g/mol. The normalized spacial score (nSPS) is 19.6. The number of H-pyrrole nitrogens is 1. The summed E-state index contributed by atoms with van der Waals surface area (Å²) in [6.45, 7) is 5.84. The Labute approximate surface area is 118 Å². The average Bonchev–Trinajstić information content (AvgIpc) is 3.00. The molecular weight excluding hydrogens is 255 g/mol. The van der Waals surface area contributed by atoms with Gasteiger partial charge in [0.05, 0.1) is 23.6 Å². The van der Waals surface area contributed by atoms with Crippen molar-refractivity contribution in [2.75, 3.05) is 6.54 Å². The number of likely N-dealkylation sites (tertiary alicyclic amines) is 1. The van der Waals surface area contributed by atoms with Crippen LogP contribution in [-0.2, 0) is 6.54 Å². The molecule has 0 bridgehead atoms. The molecule has 0 amide bonds. The summed E-state index contributed by atoms with van der Waals surface area (Å²) < 4.78 is 12.9. The SMILES string of the molecule is Cc1nc(C2CCCN2Cc2ccc(F)cn2)[nH]c1C. The summed E-state index contributed by atoms with van der Waals surface area (Å²) in [6.07, 6.45) is 3.54. The number of aryl methyl sites for hydroxylation is 2. The lowest BCUT2D eigenvalue weighted by Gasteiger charge is -2.22. The van der Waals surface area contributed by atoms with Crippen LogP contribution in [0.5, 0.6) is 0 Å². The van der Waals surface area contributed by atoms with Crippen molar-refractivity contribution in [1.29, 1.82) is 0 Å². The monoisotopic (exact) mass is 274 g/mol. The molecule has 1 unspecified atom stereocenters. The van der Waals surface area contributed by atoms with Crippen LogP contribution in [0.25, 0.3) is 0 Å². The van der Waals surface area contributed by atoms with Crippen molar-refractivity contribution in [2.24, 2.45) is 0 Å². The summed E-state index contributed by atoms with van der Waals surface area (Å²) in [7, 11) is 0. The van der Waals surface area contributed by atoms with Gasteiger partial charge in [-0.1, -0.05) is 0 Å². The number of nitrogens with zero attached hydrogens (tertiary/aromatic N) is 3. The molecule has 1 aliphatic heterocycles. The minimum atomic E-state index is -0.288. The highest BCUT2D eigenvalue weighted by Crippen LogP contribution is 2.31. The van der Waals surface area contributed by atoms with Crippen molar-refractivity contribution in [3.63, 3.8) is 0 Å². The van der Waals surface area contributed by atoms with Gasteiger partial charge in [-0.25, -0.2) is 9.37 Å². The molecule has 0 aromatic carbocycles. The van der Waals surface area contributed by atoms with E-state index < -0.39 is 0 Å². The molecule has 1 aliphatic rings. The zero-order valence-electron chi connectivity index (χ0n) is 11.9. The summed E-state index contributed by atoms with van der Waals surface area (Å²) in [4.78, 5) is 14.5. The van der Waals surface area contributed by atoms with E-state index >= 15 is 0 Å². The minimum Gasteiger partial charge on any atom is -0.345 e. The third-order valence-corrected chi connectivity index (χ3v) is 3.98. The molecule has 0 radical (unpaired) electrons. The number of rotatable bonds is 3. The van der Waals surface area contributed by atoms with Crippen LogP contribution in [-0.4, -0.2) is 26.4 Å². The molecule has 3 rings (SSSR count). The van der Waals surface area contributed by atoms with E-state index in [1.807, 2.05) is 13.8 Å². The van der Waals surface area contributed by atoms with Crippen LogP contribution in [0, 0.1) is 19.7 Å². The maximum absolute atomic E-state index is 12.9. The first-order valence-corrected chi connectivity index (χ1v) is 7.01. The molecule has 1 saturated heterocycles. The van der Waals surface area contributed by atoms with E-state index in [0.717, 1.165) is 48.8 Å². The van der Waals surface area contributed by atoms with E-state index in [2.05, 4.69) is 19.9 Å². The first-order valence-electron chi connectivity index (χ1n) is 7.01. The third-order valence-electron chi connectivity index (χ3n) is 3.98. The van der Waals surface area contributed by atoms with E-state index in [4.69, 9.17) is 0 Å². The molecule has 20 heavy (non-hydrogen) atoms. The molecule has 2 aromatic heterocycles. The highest BCUT2D eigenvalue weighted by atomic mass is 19.1. The molecular formula is C15H19FN4. The zero-order valence-corrected chi connectivity index (χ0v) is 11.9. The molecule has 106 valence electrons. The highest BCUT2D eigenvalue weighted by molar-refractivity contribution is 5.14. The number of hydrogen-bond donors (Lipinski definition) is 1. The largest absolute Gasteiger partial charge is 0.345 e. The van der Waals surface area contributed by atoms with Crippen molar-refractivity contribution in [3.8, 4) is 0 Å². The lowest BCUT2D eigenvalue weighted by Crippen LogP contribution is -2.24. The molecule has 0 aliphatic carbocycles. The van der Waals surface area contributed by atoms with Crippen molar-refractivity contribution in [3.05, 3.63) is 47.1 Å². The molecule has 1 fully saturated rings. The minimum absolute atomic E-state index is 0.288. The van der Waals surface area contributed by atoms with E-state index in [1.165, 1.54) is 12.3 Å². The van der Waals surface area contributed by atoms with Gasteiger partial charge < -0.3 is 4.98 Å². The lowest BCUT2D eigenvalue weighted by atomic mass is 10.2. The fourth-order valence-electron chi connectivity index (χ4n) is 2.77. The van der Waals surface area contributed by atoms with E-state index in [1.54, 1.807) is 6.07 Å². The standard InChI is InChI=1S/C15H19FN4/c1-10-11(2)19-15(18-10)14-4-3-7-20(14)9-13-6-5-12(16)8-17-13/h5-6,8,14H,3-4,7,9H2,1-2H3,(H,18,19). The number of hydrogen-bond acceptors (Lipinski definition) is 3. The zero-order chi connectivity index (χ0) is 14.1.